The smallest absolute Gasteiger partial charge is 0.227 e. The topological polar surface area (TPSA) is 36.2 Å². The molecule has 0 aliphatic carbocycles. The fourth-order valence-corrected chi connectivity index (χ4v) is 1.99. The number of nitrogens with zero attached hydrogens (tertiary/aromatic N) is 1. The van der Waals surface area contributed by atoms with E-state index in [9.17, 15) is 5.21 Å². The lowest BCUT2D eigenvalue weighted by Crippen LogP contribution is -2.26. The molecule has 0 fully saturated rings. The van der Waals surface area contributed by atoms with Gasteiger partial charge in [-0.2, -0.15) is 4.73 Å². The first-order valence-corrected chi connectivity index (χ1v) is 4.87. The van der Waals surface area contributed by atoms with Crippen molar-refractivity contribution in [2.24, 2.45) is 0 Å². The predicted molar refractivity (Wildman–Crippen MR) is 57.2 cm³/mol. The highest BCUT2D eigenvalue weighted by molar-refractivity contribution is 9.10. The van der Waals surface area contributed by atoms with Crippen molar-refractivity contribution >= 4 is 26.8 Å². The van der Waals surface area contributed by atoms with Gasteiger partial charge in [-0.25, -0.2) is 0 Å². The maximum Gasteiger partial charge on any atom is 0.227 e. The van der Waals surface area contributed by atoms with Crippen LogP contribution in [-0.2, 0) is 0 Å². The van der Waals surface area contributed by atoms with E-state index >= 15 is 0 Å². The van der Waals surface area contributed by atoms with Gasteiger partial charge < -0.3 is 9.94 Å². The number of fused-ring (bicyclic) bond motifs is 1. The van der Waals surface area contributed by atoms with Gasteiger partial charge >= 0.3 is 0 Å². The zero-order valence-electron chi connectivity index (χ0n) is 7.53. The second kappa shape index (κ2) is 3.46. The van der Waals surface area contributed by atoms with Crippen molar-refractivity contribution in [2.45, 2.75) is 0 Å². The van der Waals surface area contributed by atoms with Crippen LogP contribution in [0.15, 0.2) is 34.9 Å². The molecule has 72 valence electrons. The van der Waals surface area contributed by atoms with Gasteiger partial charge in [0, 0.05) is 6.07 Å². The molecular weight excluding hydrogens is 246 g/mol. The SMILES string of the molecule is COc1c(Br)c[n+]([O-])c2ccccc12. The fourth-order valence-electron chi connectivity index (χ4n) is 1.43. The van der Waals surface area contributed by atoms with Crippen LogP contribution in [0.5, 0.6) is 5.75 Å². The van der Waals surface area contributed by atoms with Crippen molar-refractivity contribution in [3.05, 3.63) is 40.1 Å². The van der Waals surface area contributed by atoms with E-state index in [-0.39, 0.29) is 0 Å². The van der Waals surface area contributed by atoms with E-state index in [2.05, 4.69) is 15.9 Å². The molecule has 1 aromatic carbocycles. The van der Waals surface area contributed by atoms with Crippen molar-refractivity contribution < 1.29 is 9.47 Å². The summed E-state index contributed by atoms with van der Waals surface area (Å²) in [6, 6.07) is 7.31. The average molecular weight is 254 g/mol. The summed E-state index contributed by atoms with van der Waals surface area (Å²) in [5.74, 6) is 0.688. The average Bonchev–Trinajstić information content (AvgIpc) is 2.18. The van der Waals surface area contributed by atoms with Crippen molar-refractivity contribution in [3.8, 4) is 5.75 Å². The molecule has 0 aliphatic heterocycles. The summed E-state index contributed by atoms with van der Waals surface area (Å²) in [5, 5.41) is 12.3. The monoisotopic (exact) mass is 253 g/mol. The third kappa shape index (κ3) is 1.32. The normalized spacial score (nSPS) is 10.4. The lowest BCUT2D eigenvalue weighted by molar-refractivity contribution is -0.577. The minimum atomic E-state index is 0.604. The third-order valence-corrected chi connectivity index (χ3v) is 2.60. The van der Waals surface area contributed by atoms with Gasteiger partial charge in [-0.3, -0.25) is 0 Å². The molecule has 0 bridgehead atoms. The summed E-state index contributed by atoms with van der Waals surface area (Å²) in [7, 11) is 1.58. The van der Waals surface area contributed by atoms with Gasteiger partial charge in [-0.05, 0) is 22.0 Å². The molecule has 0 saturated carbocycles. The van der Waals surface area contributed by atoms with Crippen LogP contribution in [0.25, 0.3) is 10.9 Å². The number of ether oxygens (including phenoxy) is 1. The number of rotatable bonds is 1. The maximum atomic E-state index is 11.5. The van der Waals surface area contributed by atoms with Crippen LogP contribution in [0.1, 0.15) is 0 Å². The highest BCUT2D eigenvalue weighted by atomic mass is 79.9. The van der Waals surface area contributed by atoms with E-state index in [0.717, 1.165) is 10.1 Å². The van der Waals surface area contributed by atoms with E-state index in [0.29, 0.717) is 15.7 Å². The molecule has 0 atom stereocenters. The lowest BCUT2D eigenvalue weighted by atomic mass is 10.2. The van der Waals surface area contributed by atoms with Crippen LogP contribution >= 0.6 is 15.9 Å². The van der Waals surface area contributed by atoms with Gasteiger partial charge in [-0.15, -0.1) is 0 Å². The Morgan fingerprint density at radius 3 is 2.79 bits per heavy atom. The van der Waals surface area contributed by atoms with E-state index in [1.54, 1.807) is 13.2 Å². The van der Waals surface area contributed by atoms with Crippen molar-refractivity contribution in [1.82, 2.24) is 0 Å². The van der Waals surface area contributed by atoms with Gasteiger partial charge in [0.05, 0.1) is 12.5 Å². The van der Waals surface area contributed by atoms with E-state index in [1.165, 1.54) is 6.20 Å². The summed E-state index contributed by atoms with van der Waals surface area (Å²) in [4.78, 5) is 0. The zero-order chi connectivity index (χ0) is 10.1. The Bertz CT molecular complexity index is 485. The lowest BCUT2D eigenvalue weighted by Gasteiger charge is -2.07. The molecule has 0 saturated heterocycles. The van der Waals surface area contributed by atoms with Crippen molar-refractivity contribution in [2.75, 3.05) is 7.11 Å². The van der Waals surface area contributed by atoms with Gasteiger partial charge in [0.25, 0.3) is 0 Å². The van der Waals surface area contributed by atoms with Gasteiger partial charge in [0.2, 0.25) is 5.52 Å². The number of halogens is 1. The molecular formula is C10H8BrNO2. The van der Waals surface area contributed by atoms with Gasteiger partial charge in [0.1, 0.15) is 4.47 Å². The van der Waals surface area contributed by atoms with Crippen LogP contribution in [0.3, 0.4) is 0 Å². The van der Waals surface area contributed by atoms with Crippen molar-refractivity contribution in [1.29, 1.82) is 0 Å². The van der Waals surface area contributed by atoms with Crippen LogP contribution in [-0.4, -0.2) is 7.11 Å². The Morgan fingerprint density at radius 2 is 2.07 bits per heavy atom. The molecule has 2 aromatic rings. The Kier molecular flexibility index (Phi) is 2.29. The molecule has 2 rings (SSSR count). The fraction of sp³-hybridized carbons (Fsp3) is 0.100. The van der Waals surface area contributed by atoms with Crippen LogP contribution in [0.2, 0.25) is 0 Å². The number of para-hydroxylation sites is 1. The number of aromatic nitrogens is 1. The number of hydrogen-bond acceptors (Lipinski definition) is 2. The summed E-state index contributed by atoms with van der Waals surface area (Å²) in [6.45, 7) is 0. The van der Waals surface area contributed by atoms with Crippen molar-refractivity contribution in [3.63, 3.8) is 0 Å². The molecule has 1 heterocycles. The van der Waals surface area contributed by atoms with E-state index in [1.807, 2.05) is 18.2 Å². The quantitative estimate of drug-likeness (QED) is 0.578. The molecule has 0 unspecified atom stereocenters. The largest absolute Gasteiger partial charge is 0.618 e. The first kappa shape index (κ1) is 9.27. The standard InChI is InChI=1S/C10H8BrNO2/c1-14-10-7-4-2-3-5-9(7)12(13)6-8(10)11/h2-6H,1H3. The first-order chi connectivity index (χ1) is 6.74. The predicted octanol–water partition coefficient (Wildman–Crippen LogP) is 2.24. The first-order valence-electron chi connectivity index (χ1n) is 4.08. The second-order valence-corrected chi connectivity index (χ2v) is 3.71. The van der Waals surface area contributed by atoms with Gasteiger partial charge in [-0.1, -0.05) is 12.1 Å². The number of benzene rings is 1. The zero-order valence-corrected chi connectivity index (χ0v) is 9.11. The molecule has 4 heteroatoms. The number of methoxy groups -OCH3 is 1. The Balaban J connectivity index is 2.90. The van der Waals surface area contributed by atoms with E-state index < -0.39 is 0 Å². The van der Waals surface area contributed by atoms with Crippen LogP contribution in [0.4, 0.5) is 0 Å². The summed E-state index contributed by atoms with van der Waals surface area (Å²) in [6.07, 6.45) is 1.45. The molecule has 0 N–H and O–H groups in total. The number of hydrogen-bond donors (Lipinski definition) is 0. The highest BCUT2D eigenvalue weighted by Crippen LogP contribution is 2.30. The molecule has 0 radical (unpaired) electrons. The summed E-state index contributed by atoms with van der Waals surface area (Å²) < 4.78 is 6.70. The minimum absolute atomic E-state index is 0.604. The van der Waals surface area contributed by atoms with Crippen LogP contribution in [0, 0.1) is 5.21 Å². The van der Waals surface area contributed by atoms with Crippen LogP contribution < -0.4 is 9.47 Å². The van der Waals surface area contributed by atoms with E-state index in [4.69, 9.17) is 4.74 Å². The molecule has 1 aromatic heterocycles. The molecule has 0 spiro atoms. The Labute approximate surface area is 89.6 Å². The maximum absolute atomic E-state index is 11.5. The Morgan fingerprint density at radius 1 is 1.36 bits per heavy atom. The van der Waals surface area contributed by atoms with Gasteiger partial charge in [0.15, 0.2) is 11.9 Å². The molecule has 14 heavy (non-hydrogen) atoms. The molecule has 3 nitrogen and oxygen atoms in total. The third-order valence-electron chi connectivity index (χ3n) is 2.04. The highest BCUT2D eigenvalue weighted by Gasteiger charge is 2.13. The summed E-state index contributed by atoms with van der Waals surface area (Å²) >= 11 is 3.28. The molecule has 0 amide bonds. The number of pyridine rings is 1. The summed E-state index contributed by atoms with van der Waals surface area (Å²) in [5.41, 5.74) is 0.604. The minimum Gasteiger partial charge on any atom is -0.618 e. The second-order valence-electron chi connectivity index (χ2n) is 2.85. The molecule has 0 aliphatic rings. The Hall–Kier alpha value is -1.29.